The first kappa shape index (κ1) is 21.2. The van der Waals surface area contributed by atoms with Gasteiger partial charge in [0.2, 0.25) is 5.95 Å². The van der Waals surface area contributed by atoms with Crippen LogP contribution in [0, 0.1) is 0 Å². The van der Waals surface area contributed by atoms with Crippen molar-refractivity contribution >= 4 is 54.0 Å². The first-order valence-electron chi connectivity index (χ1n) is 12.5. The van der Waals surface area contributed by atoms with Gasteiger partial charge in [-0.1, -0.05) is 91.0 Å². The standard InChI is InChI=1S/C33H20N4S/c1-3-10-22(11-4-1)31-34-32(23-12-5-2-6-13-23)36-33(35-31)37-27-16-15-21-9-7-8-14-25(21)30(27)26-20-29-24(17-18-38-29)19-28(26)37/h1-20H. The first-order chi connectivity index (χ1) is 18.8. The Morgan fingerprint density at radius 3 is 1.95 bits per heavy atom. The summed E-state index contributed by atoms with van der Waals surface area (Å²) in [5.41, 5.74) is 4.09. The lowest BCUT2D eigenvalue weighted by atomic mass is 10.0. The summed E-state index contributed by atoms with van der Waals surface area (Å²) >= 11 is 1.77. The molecule has 5 aromatic carbocycles. The molecular formula is C33H20N4S. The maximum atomic E-state index is 5.06. The minimum Gasteiger partial charge on any atom is -0.278 e. The summed E-state index contributed by atoms with van der Waals surface area (Å²) < 4.78 is 3.48. The Balaban J connectivity index is 1.52. The zero-order chi connectivity index (χ0) is 25.1. The molecule has 8 rings (SSSR count). The minimum atomic E-state index is 0.613. The molecule has 3 aromatic heterocycles. The molecule has 0 aliphatic rings. The Hall–Kier alpha value is -4.87. The van der Waals surface area contributed by atoms with Crippen molar-refractivity contribution in [3.63, 3.8) is 0 Å². The molecule has 0 aliphatic carbocycles. The van der Waals surface area contributed by atoms with Gasteiger partial charge in [-0.2, -0.15) is 9.97 Å². The van der Waals surface area contributed by atoms with E-state index in [1.165, 1.54) is 31.6 Å². The van der Waals surface area contributed by atoms with Crippen molar-refractivity contribution in [3.05, 3.63) is 121 Å². The maximum Gasteiger partial charge on any atom is 0.238 e. The molecule has 0 saturated heterocycles. The summed E-state index contributed by atoms with van der Waals surface area (Å²) in [6, 6.07) is 40.0. The van der Waals surface area contributed by atoms with Gasteiger partial charge in [-0.25, -0.2) is 4.98 Å². The molecule has 0 amide bonds. The van der Waals surface area contributed by atoms with Gasteiger partial charge in [0, 0.05) is 26.6 Å². The molecule has 4 nitrogen and oxygen atoms in total. The second-order valence-corrected chi connectivity index (χ2v) is 10.3. The third kappa shape index (κ3) is 3.26. The number of fused-ring (bicyclic) bond motifs is 6. The summed E-state index contributed by atoms with van der Waals surface area (Å²) in [6.45, 7) is 0. The molecule has 178 valence electrons. The molecule has 8 aromatic rings. The molecule has 0 fully saturated rings. The average Bonchev–Trinajstić information content (AvgIpc) is 3.58. The lowest BCUT2D eigenvalue weighted by Gasteiger charge is -2.11. The SMILES string of the molecule is c1ccc(-c2nc(-c3ccccc3)nc(-n3c4cc5ccsc5cc4c4c5ccccc5ccc43)n2)cc1. The number of hydrogen-bond donors (Lipinski definition) is 0. The Bertz CT molecular complexity index is 2070. The van der Waals surface area contributed by atoms with Gasteiger partial charge in [0.15, 0.2) is 11.6 Å². The van der Waals surface area contributed by atoms with Crippen LogP contribution in [0.25, 0.3) is 71.4 Å². The molecule has 5 heteroatoms. The molecule has 0 saturated carbocycles. The first-order valence-corrected chi connectivity index (χ1v) is 13.4. The highest BCUT2D eigenvalue weighted by Crippen LogP contribution is 2.39. The quantitative estimate of drug-likeness (QED) is 0.242. The number of benzene rings is 5. The molecule has 0 radical (unpaired) electrons. The molecule has 0 aliphatic heterocycles. The Labute approximate surface area is 222 Å². The van der Waals surface area contributed by atoms with Crippen LogP contribution in [0.2, 0.25) is 0 Å². The van der Waals surface area contributed by atoms with Crippen molar-refractivity contribution in [1.82, 2.24) is 19.5 Å². The predicted molar refractivity (Wildman–Crippen MR) is 158 cm³/mol. The summed E-state index contributed by atoms with van der Waals surface area (Å²) in [5, 5.41) is 8.24. The molecule has 38 heavy (non-hydrogen) atoms. The number of thiophene rings is 1. The van der Waals surface area contributed by atoms with Crippen molar-refractivity contribution < 1.29 is 0 Å². The molecule has 0 spiro atoms. The van der Waals surface area contributed by atoms with E-state index in [-0.39, 0.29) is 0 Å². The van der Waals surface area contributed by atoms with Crippen molar-refractivity contribution in [3.8, 4) is 28.7 Å². The highest BCUT2D eigenvalue weighted by Gasteiger charge is 2.20. The van der Waals surface area contributed by atoms with Gasteiger partial charge >= 0.3 is 0 Å². The normalized spacial score (nSPS) is 11.7. The Morgan fingerprint density at radius 1 is 0.526 bits per heavy atom. The van der Waals surface area contributed by atoms with Gasteiger partial charge in [0.25, 0.3) is 0 Å². The highest BCUT2D eigenvalue weighted by atomic mass is 32.1. The van der Waals surface area contributed by atoms with Crippen LogP contribution in [0.15, 0.2) is 121 Å². The van der Waals surface area contributed by atoms with Crippen molar-refractivity contribution in [2.24, 2.45) is 0 Å². The third-order valence-electron chi connectivity index (χ3n) is 7.12. The second-order valence-electron chi connectivity index (χ2n) is 9.36. The second kappa shape index (κ2) is 8.33. The van der Waals surface area contributed by atoms with Crippen LogP contribution >= 0.6 is 11.3 Å². The number of hydrogen-bond acceptors (Lipinski definition) is 4. The van der Waals surface area contributed by atoms with E-state index in [0.29, 0.717) is 17.6 Å². The van der Waals surface area contributed by atoms with Gasteiger partial charge in [-0.05, 0) is 45.8 Å². The van der Waals surface area contributed by atoms with E-state index in [4.69, 9.17) is 15.0 Å². The molecule has 0 atom stereocenters. The van der Waals surface area contributed by atoms with E-state index in [2.05, 4.69) is 64.5 Å². The van der Waals surface area contributed by atoms with Gasteiger partial charge in [0.05, 0.1) is 11.0 Å². The van der Waals surface area contributed by atoms with E-state index in [0.717, 1.165) is 22.2 Å². The van der Waals surface area contributed by atoms with Crippen LogP contribution in [0.1, 0.15) is 0 Å². The van der Waals surface area contributed by atoms with Crippen molar-refractivity contribution in [2.75, 3.05) is 0 Å². The van der Waals surface area contributed by atoms with E-state index >= 15 is 0 Å². The molecular weight excluding hydrogens is 484 g/mol. The van der Waals surface area contributed by atoms with Crippen LogP contribution in [0.3, 0.4) is 0 Å². The Morgan fingerprint density at radius 2 is 1.21 bits per heavy atom. The smallest absolute Gasteiger partial charge is 0.238 e. The van der Waals surface area contributed by atoms with Gasteiger partial charge in [0.1, 0.15) is 0 Å². The van der Waals surface area contributed by atoms with Crippen molar-refractivity contribution in [1.29, 1.82) is 0 Å². The van der Waals surface area contributed by atoms with Gasteiger partial charge < -0.3 is 0 Å². The fourth-order valence-electron chi connectivity index (χ4n) is 5.35. The topological polar surface area (TPSA) is 43.6 Å². The van der Waals surface area contributed by atoms with Crippen LogP contribution in [-0.4, -0.2) is 19.5 Å². The Kier molecular flexibility index (Phi) is 4.66. The fourth-order valence-corrected chi connectivity index (χ4v) is 6.17. The highest BCUT2D eigenvalue weighted by molar-refractivity contribution is 7.17. The van der Waals surface area contributed by atoms with Crippen LogP contribution in [0.4, 0.5) is 0 Å². The van der Waals surface area contributed by atoms with Gasteiger partial charge in [-0.3, -0.25) is 4.57 Å². The summed E-state index contributed by atoms with van der Waals surface area (Å²) in [4.78, 5) is 15.0. The number of nitrogens with zero attached hydrogens (tertiary/aromatic N) is 4. The van der Waals surface area contributed by atoms with Crippen LogP contribution in [-0.2, 0) is 0 Å². The largest absolute Gasteiger partial charge is 0.278 e. The zero-order valence-electron chi connectivity index (χ0n) is 20.2. The molecule has 0 bridgehead atoms. The van der Waals surface area contributed by atoms with E-state index in [1.54, 1.807) is 11.3 Å². The van der Waals surface area contributed by atoms with Crippen molar-refractivity contribution in [2.45, 2.75) is 0 Å². The third-order valence-corrected chi connectivity index (χ3v) is 8.00. The summed E-state index contributed by atoms with van der Waals surface area (Å²) in [5.74, 6) is 1.92. The summed E-state index contributed by atoms with van der Waals surface area (Å²) in [6.07, 6.45) is 0. The lowest BCUT2D eigenvalue weighted by molar-refractivity contribution is 0.954. The summed E-state index contributed by atoms with van der Waals surface area (Å²) in [7, 11) is 0. The zero-order valence-corrected chi connectivity index (χ0v) is 21.1. The van der Waals surface area contributed by atoms with E-state index in [9.17, 15) is 0 Å². The molecule has 0 N–H and O–H groups in total. The molecule has 3 heterocycles. The monoisotopic (exact) mass is 504 g/mol. The minimum absolute atomic E-state index is 0.613. The molecule has 0 unspecified atom stereocenters. The van der Waals surface area contributed by atoms with Crippen LogP contribution < -0.4 is 0 Å². The predicted octanol–water partition coefficient (Wildman–Crippen LogP) is 8.67. The average molecular weight is 505 g/mol. The number of rotatable bonds is 3. The fraction of sp³-hybridized carbons (Fsp3) is 0. The van der Waals surface area contributed by atoms with Gasteiger partial charge in [-0.15, -0.1) is 11.3 Å². The maximum absolute atomic E-state index is 5.06. The number of aromatic nitrogens is 4. The van der Waals surface area contributed by atoms with Crippen LogP contribution in [0.5, 0.6) is 0 Å². The van der Waals surface area contributed by atoms with E-state index < -0.39 is 0 Å². The lowest BCUT2D eigenvalue weighted by Crippen LogP contribution is -2.06. The van der Waals surface area contributed by atoms with E-state index in [1.807, 2.05) is 60.7 Å².